The van der Waals surface area contributed by atoms with E-state index >= 15 is 0 Å². The van der Waals surface area contributed by atoms with Crippen LogP contribution in [-0.2, 0) is 11.3 Å². The highest BCUT2D eigenvalue weighted by atomic mass is 35.5. The molecule has 1 spiro atoms. The molecule has 3 rings (SSSR count). The van der Waals surface area contributed by atoms with Gasteiger partial charge in [0, 0.05) is 30.7 Å². The Hall–Kier alpha value is -1.46. The minimum atomic E-state index is -0.207. The van der Waals surface area contributed by atoms with Crippen molar-refractivity contribution in [3.63, 3.8) is 0 Å². The van der Waals surface area contributed by atoms with Gasteiger partial charge in [-0.25, -0.2) is 0 Å². The van der Waals surface area contributed by atoms with Gasteiger partial charge in [0.1, 0.15) is 0 Å². The lowest BCUT2D eigenvalue weighted by molar-refractivity contribution is -0.132. The first kappa shape index (κ1) is 16.4. The molecule has 1 atom stereocenters. The molecular formula is C17H23ClN2O3. The standard InChI is InChI=1S/C17H23ClN2O3/c1-22-14-8-12(13(18)9-15(14)23-2)10-20-7-5-17(11-20)4-3-6-19-16(17)21/h8-9H,3-7,10-11H2,1-2H3,(H,19,21)/t17-/m0/s1. The molecule has 1 amide bonds. The summed E-state index contributed by atoms with van der Waals surface area (Å²) >= 11 is 6.38. The molecule has 1 aromatic carbocycles. The Labute approximate surface area is 141 Å². The largest absolute Gasteiger partial charge is 0.493 e. The van der Waals surface area contributed by atoms with E-state index in [-0.39, 0.29) is 11.3 Å². The molecule has 2 saturated heterocycles. The van der Waals surface area contributed by atoms with Crippen molar-refractivity contribution >= 4 is 17.5 Å². The van der Waals surface area contributed by atoms with E-state index in [1.807, 2.05) is 6.07 Å². The molecule has 126 valence electrons. The van der Waals surface area contributed by atoms with Gasteiger partial charge in [-0.2, -0.15) is 0 Å². The van der Waals surface area contributed by atoms with E-state index in [0.29, 0.717) is 23.1 Å². The van der Waals surface area contributed by atoms with E-state index in [9.17, 15) is 4.79 Å². The first-order valence-electron chi connectivity index (χ1n) is 7.99. The fraction of sp³-hybridized carbons (Fsp3) is 0.588. The number of piperidine rings is 1. The van der Waals surface area contributed by atoms with Crippen molar-refractivity contribution in [3.05, 3.63) is 22.7 Å². The van der Waals surface area contributed by atoms with Gasteiger partial charge in [-0.3, -0.25) is 9.69 Å². The van der Waals surface area contributed by atoms with Crippen molar-refractivity contribution in [2.24, 2.45) is 5.41 Å². The zero-order chi connectivity index (χ0) is 16.4. The number of amides is 1. The number of halogens is 1. The number of hydrogen-bond donors (Lipinski definition) is 1. The Kier molecular flexibility index (Phi) is 4.69. The maximum absolute atomic E-state index is 12.3. The van der Waals surface area contributed by atoms with E-state index in [1.54, 1.807) is 20.3 Å². The number of nitrogens with zero attached hydrogens (tertiary/aromatic N) is 1. The Morgan fingerprint density at radius 1 is 1.26 bits per heavy atom. The maximum atomic E-state index is 12.3. The molecule has 23 heavy (non-hydrogen) atoms. The lowest BCUT2D eigenvalue weighted by Crippen LogP contribution is -2.47. The molecule has 0 saturated carbocycles. The number of carbonyl (C=O) groups is 1. The van der Waals surface area contributed by atoms with Gasteiger partial charge < -0.3 is 14.8 Å². The van der Waals surface area contributed by atoms with Gasteiger partial charge in [0.2, 0.25) is 5.91 Å². The van der Waals surface area contributed by atoms with Crippen LogP contribution in [0.2, 0.25) is 5.02 Å². The first-order chi connectivity index (χ1) is 11.1. The third kappa shape index (κ3) is 3.12. The lowest BCUT2D eigenvalue weighted by atomic mass is 9.79. The second-order valence-corrected chi connectivity index (χ2v) is 6.81. The summed E-state index contributed by atoms with van der Waals surface area (Å²) in [4.78, 5) is 14.6. The number of nitrogens with one attached hydrogen (secondary N) is 1. The summed E-state index contributed by atoms with van der Waals surface area (Å²) in [5.74, 6) is 1.52. The first-order valence-corrected chi connectivity index (χ1v) is 8.37. The zero-order valence-corrected chi connectivity index (χ0v) is 14.4. The smallest absolute Gasteiger partial charge is 0.227 e. The van der Waals surface area contributed by atoms with Crippen LogP contribution < -0.4 is 14.8 Å². The summed E-state index contributed by atoms with van der Waals surface area (Å²) in [6, 6.07) is 3.71. The molecule has 0 radical (unpaired) electrons. The fourth-order valence-electron chi connectivity index (χ4n) is 3.67. The van der Waals surface area contributed by atoms with Crippen LogP contribution in [-0.4, -0.2) is 44.7 Å². The molecule has 2 aliphatic rings. The van der Waals surface area contributed by atoms with Gasteiger partial charge >= 0.3 is 0 Å². The van der Waals surface area contributed by atoms with Crippen LogP contribution in [0.3, 0.4) is 0 Å². The van der Waals surface area contributed by atoms with Crippen LogP contribution in [0.5, 0.6) is 11.5 Å². The molecule has 1 aromatic rings. The number of rotatable bonds is 4. The van der Waals surface area contributed by atoms with Crippen molar-refractivity contribution < 1.29 is 14.3 Å². The molecule has 1 N–H and O–H groups in total. The number of hydrogen-bond acceptors (Lipinski definition) is 4. The van der Waals surface area contributed by atoms with Crippen LogP contribution in [0, 0.1) is 5.41 Å². The van der Waals surface area contributed by atoms with E-state index in [2.05, 4.69) is 10.2 Å². The Morgan fingerprint density at radius 2 is 2.00 bits per heavy atom. The van der Waals surface area contributed by atoms with E-state index in [4.69, 9.17) is 21.1 Å². The molecule has 0 aliphatic carbocycles. The highest BCUT2D eigenvalue weighted by Gasteiger charge is 2.45. The molecule has 6 heteroatoms. The predicted molar refractivity (Wildman–Crippen MR) is 89.1 cm³/mol. The minimum Gasteiger partial charge on any atom is -0.493 e. The molecular weight excluding hydrogens is 316 g/mol. The molecule has 2 fully saturated rings. The second kappa shape index (κ2) is 6.57. The molecule has 0 bridgehead atoms. The van der Waals surface area contributed by atoms with Crippen LogP contribution >= 0.6 is 11.6 Å². The van der Waals surface area contributed by atoms with Gasteiger partial charge in [-0.05, 0) is 37.4 Å². The Bertz CT molecular complexity index is 608. The van der Waals surface area contributed by atoms with Gasteiger partial charge in [0.05, 0.1) is 19.6 Å². The second-order valence-electron chi connectivity index (χ2n) is 6.40. The summed E-state index contributed by atoms with van der Waals surface area (Å²) in [7, 11) is 3.21. The van der Waals surface area contributed by atoms with Crippen LogP contribution in [0.4, 0.5) is 0 Å². The molecule has 5 nitrogen and oxygen atoms in total. The normalized spacial score (nSPS) is 24.7. The van der Waals surface area contributed by atoms with Crippen molar-refractivity contribution in [1.82, 2.24) is 10.2 Å². The minimum absolute atomic E-state index is 0.207. The average Bonchev–Trinajstić information content (AvgIpc) is 2.96. The number of ether oxygens (including phenoxy) is 2. The van der Waals surface area contributed by atoms with Crippen molar-refractivity contribution in [1.29, 1.82) is 0 Å². The maximum Gasteiger partial charge on any atom is 0.227 e. The monoisotopic (exact) mass is 338 g/mol. The average molecular weight is 339 g/mol. The summed E-state index contributed by atoms with van der Waals surface area (Å²) in [6.07, 6.45) is 2.97. The van der Waals surface area contributed by atoms with Crippen LogP contribution in [0.15, 0.2) is 12.1 Å². The number of methoxy groups -OCH3 is 2. The summed E-state index contributed by atoms with van der Waals surface area (Å²) in [5, 5.41) is 3.68. The number of benzene rings is 1. The molecule has 2 aliphatic heterocycles. The highest BCUT2D eigenvalue weighted by Crippen LogP contribution is 2.39. The van der Waals surface area contributed by atoms with Crippen molar-refractivity contribution in [2.45, 2.75) is 25.8 Å². The van der Waals surface area contributed by atoms with Crippen LogP contribution in [0.1, 0.15) is 24.8 Å². The van der Waals surface area contributed by atoms with E-state index < -0.39 is 0 Å². The topological polar surface area (TPSA) is 50.8 Å². The number of likely N-dealkylation sites (tertiary alicyclic amines) is 1. The Balaban J connectivity index is 1.74. The molecule has 0 unspecified atom stereocenters. The van der Waals surface area contributed by atoms with Gasteiger partial charge in [-0.15, -0.1) is 0 Å². The Morgan fingerprint density at radius 3 is 2.70 bits per heavy atom. The highest BCUT2D eigenvalue weighted by molar-refractivity contribution is 6.31. The van der Waals surface area contributed by atoms with E-state index in [1.165, 1.54) is 0 Å². The van der Waals surface area contributed by atoms with Crippen molar-refractivity contribution in [3.8, 4) is 11.5 Å². The quantitative estimate of drug-likeness (QED) is 0.916. The zero-order valence-electron chi connectivity index (χ0n) is 13.7. The van der Waals surface area contributed by atoms with Gasteiger partial charge in [0.15, 0.2) is 11.5 Å². The van der Waals surface area contributed by atoms with Crippen LogP contribution in [0.25, 0.3) is 0 Å². The van der Waals surface area contributed by atoms with Gasteiger partial charge in [0.25, 0.3) is 0 Å². The summed E-state index contributed by atoms with van der Waals surface area (Å²) in [5.41, 5.74) is 0.791. The fourth-order valence-corrected chi connectivity index (χ4v) is 3.88. The molecule has 0 aromatic heterocycles. The summed E-state index contributed by atoms with van der Waals surface area (Å²) in [6.45, 7) is 3.23. The number of carbonyl (C=O) groups excluding carboxylic acids is 1. The molecule has 2 heterocycles. The SMILES string of the molecule is COc1cc(Cl)c(CN2CC[C@@]3(CCCNC3=O)C2)cc1OC. The third-order valence-corrected chi connectivity index (χ3v) is 5.33. The van der Waals surface area contributed by atoms with Gasteiger partial charge in [-0.1, -0.05) is 11.6 Å². The lowest BCUT2D eigenvalue weighted by Gasteiger charge is -2.32. The van der Waals surface area contributed by atoms with Crippen molar-refractivity contribution in [2.75, 3.05) is 33.9 Å². The summed E-state index contributed by atoms with van der Waals surface area (Å²) < 4.78 is 10.6. The van der Waals surface area contributed by atoms with E-state index in [0.717, 1.165) is 44.5 Å². The predicted octanol–water partition coefficient (Wildman–Crippen LogP) is 2.46. The third-order valence-electron chi connectivity index (χ3n) is 4.98.